The Morgan fingerprint density at radius 3 is 2.79 bits per heavy atom. The molecule has 0 aliphatic carbocycles. The van der Waals surface area contributed by atoms with E-state index in [1.54, 1.807) is 12.1 Å². The van der Waals surface area contributed by atoms with Gasteiger partial charge in [-0.3, -0.25) is 0 Å². The number of carboxylic acid groups (broad SMARTS) is 1. The van der Waals surface area contributed by atoms with Crippen LogP contribution in [0.1, 0.15) is 23.2 Å². The number of sulfone groups is 1. The number of anilines is 2. The topological polar surface area (TPSA) is 109 Å². The van der Waals surface area contributed by atoms with Crippen molar-refractivity contribution in [2.75, 3.05) is 22.6 Å². The summed E-state index contributed by atoms with van der Waals surface area (Å²) in [6.07, 6.45) is 1.34. The van der Waals surface area contributed by atoms with Crippen LogP contribution in [0, 0.1) is 0 Å². The molecule has 0 spiro atoms. The van der Waals surface area contributed by atoms with Crippen molar-refractivity contribution >= 4 is 27.2 Å². The van der Waals surface area contributed by atoms with Gasteiger partial charge in [0.2, 0.25) is 0 Å². The molecule has 0 amide bonds. The number of carboxylic acids is 1. The highest BCUT2D eigenvalue weighted by Gasteiger charge is 2.25. The minimum absolute atomic E-state index is 0.0173. The largest absolute Gasteiger partial charge is 0.478 e. The molecule has 4 N–H and O–H groups in total. The van der Waals surface area contributed by atoms with Crippen molar-refractivity contribution in [2.45, 2.75) is 18.9 Å². The van der Waals surface area contributed by atoms with Gasteiger partial charge >= 0.3 is 5.97 Å². The smallest absolute Gasteiger partial charge is 0.337 e. The van der Waals surface area contributed by atoms with Gasteiger partial charge in [-0.2, -0.15) is 0 Å². The van der Waals surface area contributed by atoms with E-state index in [9.17, 15) is 13.2 Å². The van der Waals surface area contributed by atoms with Crippen molar-refractivity contribution in [1.29, 1.82) is 0 Å². The summed E-state index contributed by atoms with van der Waals surface area (Å²) in [4.78, 5) is 11.0. The van der Waals surface area contributed by atoms with Crippen LogP contribution in [-0.2, 0) is 9.84 Å². The number of hydrogen-bond acceptors (Lipinski definition) is 5. The Labute approximate surface area is 111 Å². The quantitative estimate of drug-likeness (QED) is 0.713. The van der Waals surface area contributed by atoms with Gasteiger partial charge in [0.1, 0.15) is 0 Å². The van der Waals surface area contributed by atoms with Crippen LogP contribution in [0.25, 0.3) is 0 Å². The first-order valence-corrected chi connectivity index (χ1v) is 7.80. The maximum atomic E-state index is 11.5. The summed E-state index contributed by atoms with van der Waals surface area (Å²) < 4.78 is 23.1. The first-order chi connectivity index (χ1) is 8.89. The lowest BCUT2D eigenvalue weighted by atomic mass is 10.1. The Bertz CT molecular complexity index is 598. The summed E-state index contributed by atoms with van der Waals surface area (Å²) in [5.41, 5.74) is 6.40. The fraction of sp³-hybridized carbons (Fsp3) is 0.417. The van der Waals surface area contributed by atoms with Gasteiger partial charge < -0.3 is 16.2 Å². The predicted molar refractivity (Wildman–Crippen MR) is 73.1 cm³/mol. The second kappa shape index (κ2) is 5.08. The summed E-state index contributed by atoms with van der Waals surface area (Å²) >= 11 is 0. The number of nitrogens with two attached hydrogens (primary N) is 1. The molecule has 1 unspecified atom stereocenters. The monoisotopic (exact) mass is 284 g/mol. The van der Waals surface area contributed by atoms with E-state index >= 15 is 0 Å². The maximum Gasteiger partial charge on any atom is 0.337 e. The van der Waals surface area contributed by atoms with Crippen LogP contribution in [0.3, 0.4) is 0 Å². The van der Waals surface area contributed by atoms with Crippen molar-refractivity contribution < 1.29 is 18.3 Å². The van der Waals surface area contributed by atoms with Crippen molar-refractivity contribution in [1.82, 2.24) is 0 Å². The molecule has 1 aromatic rings. The van der Waals surface area contributed by atoms with E-state index in [4.69, 9.17) is 10.8 Å². The van der Waals surface area contributed by atoms with Crippen LogP contribution in [0.4, 0.5) is 11.4 Å². The van der Waals surface area contributed by atoms with Crippen LogP contribution in [0.15, 0.2) is 18.2 Å². The summed E-state index contributed by atoms with van der Waals surface area (Å²) in [5.74, 6) is -0.822. The van der Waals surface area contributed by atoms with E-state index in [1.165, 1.54) is 6.07 Å². The molecular weight excluding hydrogens is 268 g/mol. The van der Waals surface area contributed by atoms with E-state index in [2.05, 4.69) is 5.32 Å². The van der Waals surface area contributed by atoms with Gasteiger partial charge in [-0.05, 0) is 25.0 Å². The molecule has 1 atom stereocenters. The number of nitrogen functional groups attached to an aromatic ring is 1. The molecular formula is C12H16N2O4S. The summed E-state index contributed by atoms with van der Waals surface area (Å²) in [6, 6.07) is 4.44. The highest BCUT2D eigenvalue weighted by molar-refractivity contribution is 7.91. The van der Waals surface area contributed by atoms with Crippen LogP contribution in [0.2, 0.25) is 0 Å². The Balaban J connectivity index is 2.20. The molecule has 0 radical (unpaired) electrons. The lowest BCUT2D eigenvalue weighted by Crippen LogP contribution is -2.35. The number of hydrogen-bond donors (Lipinski definition) is 3. The van der Waals surface area contributed by atoms with Crippen LogP contribution >= 0.6 is 0 Å². The lowest BCUT2D eigenvalue weighted by Gasteiger charge is -2.25. The zero-order valence-electron chi connectivity index (χ0n) is 10.3. The second-order valence-electron chi connectivity index (χ2n) is 4.67. The van der Waals surface area contributed by atoms with Crippen molar-refractivity contribution in [2.24, 2.45) is 0 Å². The van der Waals surface area contributed by atoms with Gasteiger partial charge in [-0.25, -0.2) is 13.2 Å². The first-order valence-electron chi connectivity index (χ1n) is 5.98. The van der Waals surface area contributed by atoms with Crippen LogP contribution in [0.5, 0.6) is 0 Å². The number of para-hydroxylation sites is 1. The normalized spacial score (nSPS) is 21.8. The number of benzene rings is 1. The SMILES string of the molecule is Nc1c(NC2CCCS(=O)(=O)C2)cccc1C(=O)O. The number of carbonyl (C=O) groups is 1. The highest BCUT2D eigenvalue weighted by atomic mass is 32.2. The van der Waals surface area contributed by atoms with Crippen LogP contribution < -0.4 is 11.1 Å². The third-order valence-corrected chi connectivity index (χ3v) is 4.98. The number of aromatic carboxylic acids is 1. The molecule has 104 valence electrons. The zero-order valence-corrected chi connectivity index (χ0v) is 11.1. The molecule has 1 aromatic carbocycles. The minimum atomic E-state index is -3.01. The molecule has 1 fully saturated rings. The van der Waals surface area contributed by atoms with Gasteiger partial charge in [0.05, 0.1) is 28.4 Å². The molecule has 7 heteroatoms. The fourth-order valence-corrected chi connectivity index (χ4v) is 3.87. The maximum absolute atomic E-state index is 11.5. The van der Waals surface area contributed by atoms with Gasteiger partial charge in [-0.15, -0.1) is 0 Å². The van der Waals surface area contributed by atoms with Gasteiger partial charge in [-0.1, -0.05) is 6.07 Å². The molecule has 1 heterocycles. The summed E-state index contributed by atoms with van der Waals surface area (Å²) in [6.45, 7) is 0. The molecule has 1 saturated heterocycles. The Morgan fingerprint density at radius 2 is 2.16 bits per heavy atom. The van der Waals surface area contributed by atoms with Crippen molar-refractivity contribution in [3.8, 4) is 0 Å². The first kappa shape index (κ1) is 13.7. The van der Waals surface area contributed by atoms with E-state index in [0.717, 1.165) is 6.42 Å². The molecule has 1 aliphatic heterocycles. The molecule has 19 heavy (non-hydrogen) atoms. The predicted octanol–water partition coefficient (Wildman–Crippen LogP) is 0.956. The number of rotatable bonds is 3. The van der Waals surface area contributed by atoms with E-state index in [-0.39, 0.29) is 28.8 Å². The summed E-state index contributed by atoms with van der Waals surface area (Å²) in [7, 11) is -3.01. The Kier molecular flexibility index (Phi) is 3.66. The third-order valence-electron chi connectivity index (χ3n) is 3.16. The van der Waals surface area contributed by atoms with Crippen molar-refractivity contribution in [3.05, 3.63) is 23.8 Å². The Hall–Kier alpha value is -1.76. The minimum Gasteiger partial charge on any atom is -0.478 e. The lowest BCUT2D eigenvalue weighted by molar-refractivity contribution is 0.0698. The van der Waals surface area contributed by atoms with E-state index < -0.39 is 15.8 Å². The zero-order chi connectivity index (χ0) is 14.0. The van der Waals surface area contributed by atoms with E-state index in [0.29, 0.717) is 12.1 Å². The molecule has 0 aromatic heterocycles. The van der Waals surface area contributed by atoms with Gasteiger partial charge in [0.15, 0.2) is 9.84 Å². The van der Waals surface area contributed by atoms with Crippen molar-refractivity contribution in [3.63, 3.8) is 0 Å². The fourth-order valence-electron chi connectivity index (χ4n) is 2.23. The highest BCUT2D eigenvalue weighted by Crippen LogP contribution is 2.25. The second-order valence-corrected chi connectivity index (χ2v) is 6.90. The van der Waals surface area contributed by atoms with E-state index in [1.807, 2.05) is 0 Å². The average Bonchev–Trinajstić information content (AvgIpc) is 2.30. The number of nitrogens with one attached hydrogen (secondary N) is 1. The molecule has 0 bridgehead atoms. The molecule has 1 aliphatic rings. The van der Waals surface area contributed by atoms with Gasteiger partial charge in [0.25, 0.3) is 0 Å². The van der Waals surface area contributed by atoms with Crippen LogP contribution in [-0.4, -0.2) is 37.0 Å². The molecule has 2 rings (SSSR count). The van der Waals surface area contributed by atoms with Gasteiger partial charge in [0, 0.05) is 6.04 Å². The molecule has 6 nitrogen and oxygen atoms in total. The third kappa shape index (κ3) is 3.17. The standard InChI is InChI=1S/C12H16N2O4S/c13-11-9(12(15)16)4-1-5-10(11)14-8-3-2-6-19(17,18)7-8/h1,4-5,8,14H,2-3,6-7,13H2,(H,15,16). The Morgan fingerprint density at radius 1 is 1.42 bits per heavy atom. The molecule has 0 saturated carbocycles. The average molecular weight is 284 g/mol. The summed E-state index contributed by atoms with van der Waals surface area (Å²) in [5, 5.41) is 12.0.